The minimum absolute atomic E-state index is 0.402. The van der Waals surface area contributed by atoms with E-state index in [9.17, 15) is 4.57 Å². The van der Waals surface area contributed by atoms with E-state index < -0.39 is 7.14 Å². The fraction of sp³-hybridized carbons (Fsp3) is 0.467. The third kappa shape index (κ3) is 5.74. The molecule has 0 amide bonds. The summed E-state index contributed by atoms with van der Waals surface area (Å²) in [4.78, 5) is 11.9. The number of fused-ring (bicyclic) bond motifs is 3. The molecule has 6 rings (SSSR count). The molecule has 2 N–H and O–H groups in total. The molecule has 2 bridgehead atoms. The van der Waals surface area contributed by atoms with Crippen LogP contribution < -0.4 is 15.9 Å². The van der Waals surface area contributed by atoms with Crippen LogP contribution in [0.1, 0.15) is 42.4 Å². The number of rotatable bonds is 6. The van der Waals surface area contributed by atoms with Crippen LogP contribution in [0.15, 0.2) is 42.6 Å². The zero-order valence-electron chi connectivity index (χ0n) is 22.9. The summed E-state index contributed by atoms with van der Waals surface area (Å²) in [5.41, 5.74) is 5.62. The molecule has 39 heavy (non-hydrogen) atoms. The Morgan fingerprint density at radius 2 is 1.69 bits per heavy atom. The molecule has 2 unspecified atom stereocenters. The third-order valence-corrected chi connectivity index (χ3v) is 10.2. The molecule has 1 aliphatic carbocycles. The van der Waals surface area contributed by atoms with E-state index in [0.29, 0.717) is 34.9 Å². The number of benzene rings is 2. The molecular formula is C30H37ClN5O2P. The summed E-state index contributed by atoms with van der Waals surface area (Å²) in [6, 6.07) is 14.3. The third-order valence-electron chi connectivity index (χ3n) is 8.41. The van der Waals surface area contributed by atoms with E-state index in [-0.39, 0.29) is 0 Å². The molecule has 0 saturated carbocycles. The lowest BCUT2D eigenvalue weighted by molar-refractivity contribution is -0.0389. The van der Waals surface area contributed by atoms with Crippen molar-refractivity contribution in [1.29, 1.82) is 0 Å². The van der Waals surface area contributed by atoms with Gasteiger partial charge in [-0.2, -0.15) is 4.98 Å². The highest BCUT2D eigenvalue weighted by Crippen LogP contribution is 2.39. The van der Waals surface area contributed by atoms with E-state index in [1.807, 2.05) is 25.1 Å². The van der Waals surface area contributed by atoms with Gasteiger partial charge in [-0.05, 0) is 94.2 Å². The zero-order chi connectivity index (χ0) is 27.1. The number of morpholine rings is 1. The summed E-state index contributed by atoms with van der Waals surface area (Å²) in [5.74, 6) is 0.938. The Balaban J connectivity index is 1.18. The highest BCUT2D eigenvalue weighted by atomic mass is 35.5. The Bertz CT molecular complexity index is 1410. The number of anilines is 4. The second-order valence-corrected chi connectivity index (χ2v) is 15.2. The van der Waals surface area contributed by atoms with Crippen molar-refractivity contribution >= 4 is 47.2 Å². The van der Waals surface area contributed by atoms with Gasteiger partial charge in [0, 0.05) is 29.1 Å². The van der Waals surface area contributed by atoms with Gasteiger partial charge in [0.25, 0.3) is 0 Å². The lowest BCUT2D eigenvalue weighted by atomic mass is 10.0. The average Bonchev–Trinajstić information content (AvgIpc) is 3.05. The van der Waals surface area contributed by atoms with Gasteiger partial charge in [-0.25, -0.2) is 4.98 Å². The fourth-order valence-corrected chi connectivity index (χ4v) is 7.85. The molecule has 3 aromatic rings. The molecule has 7 nitrogen and oxygen atoms in total. The SMILES string of the molecule is Cc1ccc(Nc2nc(Nc3ccc4c(c3)CC[C@H](N3C5CCC3COC5)CC4)ncc2Cl)c(P(C)(C)=O)c1. The normalized spacial score (nSPS) is 23.2. The topological polar surface area (TPSA) is 79.4 Å². The number of aromatic nitrogens is 2. The fourth-order valence-electron chi connectivity index (χ4n) is 6.49. The molecule has 1 aromatic heterocycles. The van der Waals surface area contributed by atoms with E-state index in [2.05, 4.69) is 43.7 Å². The van der Waals surface area contributed by atoms with Crippen LogP contribution in [0.2, 0.25) is 5.02 Å². The van der Waals surface area contributed by atoms with Crippen LogP contribution in [0.25, 0.3) is 0 Å². The van der Waals surface area contributed by atoms with Crippen molar-refractivity contribution in [2.75, 3.05) is 37.2 Å². The number of nitrogens with one attached hydrogen (secondary N) is 2. The zero-order valence-corrected chi connectivity index (χ0v) is 24.6. The molecule has 3 atom stereocenters. The molecular weight excluding hydrogens is 529 g/mol. The van der Waals surface area contributed by atoms with Gasteiger partial charge >= 0.3 is 0 Å². The molecule has 2 aliphatic heterocycles. The second kappa shape index (κ2) is 10.9. The Labute approximate surface area is 236 Å². The standard InChI is InChI=1S/C30H37ClN5O2P/c1-19-4-13-27(28(14-19)39(2,3)37)34-29-26(31)16-32-30(35-29)33-22-8-5-20-6-9-23(10-7-21(20)15-22)36-24-11-12-25(36)18-38-17-24/h4-5,8,13-16,23-25H,6-7,9-12,17-18H2,1-3H3,(H2,32,33,34,35)/t23-,24?,25?/m1/s1. The predicted molar refractivity (Wildman–Crippen MR) is 160 cm³/mol. The van der Waals surface area contributed by atoms with E-state index in [1.54, 1.807) is 19.5 Å². The lowest BCUT2D eigenvalue weighted by Crippen LogP contribution is -2.51. The molecule has 2 fully saturated rings. The number of ether oxygens (including phenoxy) is 1. The van der Waals surface area contributed by atoms with Crippen molar-refractivity contribution in [3.8, 4) is 0 Å². The van der Waals surface area contributed by atoms with Gasteiger partial charge in [0.1, 0.15) is 12.2 Å². The van der Waals surface area contributed by atoms with Crippen LogP contribution in [0, 0.1) is 6.92 Å². The molecule has 2 aromatic carbocycles. The Hall–Kier alpha value is -2.44. The van der Waals surface area contributed by atoms with Gasteiger partial charge in [0.15, 0.2) is 5.82 Å². The van der Waals surface area contributed by atoms with Gasteiger partial charge < -0.3 is 19.9 Å². The van der Waals surface area contributed by atoms with Crippen molar-refractivity contribution in [2.24, 2.45) is 0 Å². The first-order valence-electron chi connectivity index (χ1n) is 13.9. The van der Waals surface area contributed by atoms with Gasteiger partial charge in [-0.15, -0.1) is 0 Å². The van der Waals surface area contributed by atoms with E-state index in [0.717, 1.165) is 48.3 Å². The van der Waals surface area contributed by atoms with Crippen LogP contribution in [0.5, 0.6) is 0 Å². The Kier molecular flexibility index (Phi) is 7.45. The van der Waals surface area contributed by atoms with Gasteiger partial charge in [0.05, 0.1) is 25.1 Å². The van der Waals surface area contributed by atoms with Crippen LogP contribution >= 0.6 is 18.7 Å². The quantitative estimate of drug-likeness (QED) is 0.269. The number of hydrogen-bond donors (Lipinski definition) is 2. The highest BCUT2D eigenvalue weighted by molar-refractivity contribution is 7.70. The van der Waals surface area contributed by atoms with Gasteiger partial charge in [0.2, 0.25) is 5.95 Å². The van der Waals surface area contributed by atoms with Gasteiger partial charge in [-0.1, -0.05) is 29.3 Å². The summed E-state index contributed by atoms with van der Waals surface area (Å²) in [7, 11) is -2.51. The average molecular weight is 566 g/mol. The van der Waals surface area contributed by atoms with Gasteiger partial charge in [-0.3, -0.25) is 4.90 Å². The highest BCUT2D eigenvalue weighted by Gasteiger charge is 2.41. The predicted octanol–water partition coefficient (Wildman–Crippen LogP) is 6.28. The maximum atomic E-state index is 12.9. The lowest BCUT2D eigenvalue weighted by Gasteiger charge is -2.40. The number of halogens is 1. The largest absolute Gasteiger partial charge is 0.378 e. The van der Waals surface area contributed by atoms with E-state index in [4.69, 9.17) is 16.3 Å². The second-order valence-electron chi connectivity index (χ2n) is 11.6. The molecule has 3 heterocycles. The smallest absolute Gasteiger partial charge is 0.229 e. The molecule has 9 heteroatoms. The van der Waals surface area contributed by atoms with Crippen molar-refractivity contribution in [1.82, 2.24) is 14.9 Å². The first kappa shape index (κ1) is 26.8. The van der Waals surface area contributed by atoms with Crippen molar-refractivity contribution in [3.63, 3.8) is 0 Å². The van der Waals surface area contributed by atoms with Crippen molar-refractivity contribution in [3.05, 3.63) is 64.3 Å². The Morgan fingerprint density at radius 3 is 2.44 bits per heavy atom. The number of aryl methyl sites for hydroxylation is 3. The van der Waals surface area contributed by atoms with Crippen LogP contribution in [-0.4, -0.2) is 59.5 Å². The molecule has 0 spiro atoms. The van der Waals surface area contributed by atoms with E-state index >= 15 is 0 Å². The minimum Gasteiger partial charge on any atom is -0.378 e. The van der Waals surface area contributed by atoms with Crippen molar-refractivity contribution < 1.29 is 9.30 Å². The van der Waals surface area contributed by atoms with Crippen molar-refractivity contribution in [2.45, 2.75) is 63.6 Å². The molecule has 3 aliphatic rings. The maximum Gasteiger partial charge on any atom is 0.229 e. The van der Waals surface area contributed by atoms with Crippen LogP contribution in [0.4, 0.5) is 23.1 Å². The molecule has 206 valence electrons. The van der Waals surface area contributed by atoms with E-state index in [1.165, 1.54) is 36.8 Å². The first-order valence-corrected chi connectivity index (χ1v) is 16.9. The number of hydrogen-bond acceptors (Lipinski definition) is 7. The maximum absolute atomic E-state index is 12.9. The summed E-state index contributed by atoms with van der Waals surface area (Å²) in [6.07, 6.45) is 8.74. The summed E-state index contributed by atoms with van der Waals surface area (Å²) in [6.45, 7) is 7.33. The Morgan fingerprint density at radius 1 is 0.949 bits per heavy atom. The summed E-state index contributed by atoms with van der Waals surface area (Å²) >= 11 is 6.47. The molecule has 0 radical (unpaired) electrons. The van der Waals surface area contributed by atoms with Crippen LogP contribution in [-0.2, 0) is 22.1 Å². The minimum atomic E-state index is -2.51. The first-order chi connectivity index (χ1) is 18.7. The summed E-state index contributed by atoms with van der Waals surface area (Å²) < 4.78 is 18.8. The number of nitrogens with zero attached hydrogens (tertiary/aromatic N) is 3. The summed E-state index contributed by atoms with van der Waals surface area (Å²) in [5, 5.41) is 7.86. The van der Waals surface area contributed by atoms with Crippen LogP contribution in [0.3, 0.4) is 0 Å². The monoisotopic (exact) mass is 565 g/mol. The molecule has 2 saturated heterocycles.